The molecule has 6 heteroatoms. The molecule has 0 amide bonds. The number of hydrogen-bond acceptors (Lipinski definition) is 4. The largest absolute Gasteiger partial charge is 0.469 e. The maximum absolute atomic E-state index is 11.6. The number of fused-ring (bicyclic) bond motifs is 1. The minimum Gasteiger partial charge on any atom is -0.469 e. The molecule has 0 radical (unpaired) electrons. The van der Waals surface area contributed by atoms with E-state index in [0.29, 0.717) is 22.9 Å². The molecule has 96 valence electrons. The third-order valence-corrected chi connectivity index (χ3v) is 3.90. The van der Waals surface area contributed by atoms with E-state index in [9.17, 15) is 9.70 Å². The van der Waals surface area contributed by atoms with Crippen LogP contribution < -0.4 is 0 Å². The Labute approximate surface area is 114 Å². The molecule has 0 spiro atoms. The van der Waals surface area contributed by atoms with Crippen molar-refractivity contribution in [2.24, 2.45) is 11.1 Å². The van der Waals surface area contributed by atoms with Crippen LogP contribution in [0.1, 0.15) is 23.6 Å². The van der Waals surface area contributed by atoms with Crippen LogP contribution in [0.2, 0.25) is 10.0 Å². The molecular formula is C12H11Cl2NO3. The summed E-state index contributed by atoms with van der Waals surface area (Å²) >= 11 is 11.9. The number of ether oxygens (including phenoxy) is 1. The van der Waals surface area contributed by atoms with Crippen molar-refractivity contribution in [3.05, 3.63) is 38.2 Å². The summed E-state index contributed by atoms with van der Waals surface area (Å²) < 4.78 is 4.71. The number of nitroso groups, excluding NO2 is 1. The Morgan fingerprint density at radius 3 is 2.67 bits per heavy atom. The van der Waals surface area contributed by atoms with Gasteiger partial charge in [-0.1, -0.05) is 28.4 Å². The van der Waals surface area contributed by atoms with Gasteiger partial charge in [0.15, 0.2) is 0 Å². The molecule has 2 unspecified atom stereocenters. The number of halogens is 2. The summed E-state index contributed by atoms with van der Waals surface area (Å²) in [6.45, 7) is 0. The van der Waals surface area contributed by atoms with Gasteiger partial charge >= 0.3 is 5.97 Å². The zero-order valence-corrected chi connectivity index (χ0v) is 11.2. The highest BCUT2D eigenvalue weighted by atomic mass is 35.5. The number of rotatable bonds is 2. The molecule has 0 aromatic heterocycles. The number of esters is 1. The molecule has 0 aliphatic heterocycles. The predicted molar refractivity (Wildman–Crippen MR) is 68.8 cm³/mol. The molecule has 0 bridgehead atoms. The highest BCUT2D eigenvalue weighted by molar-refractivity contribution is 6.42. The maximum atomic E-state index is 11.6. The van der Waals surface area contributed by atoms with E-state index in [-0.39, 0.29) is 11.9 Å². The first-order chi connectivity index (χ1) is 8.56. The smallest absolute Gasteiger partial charge is 0.309 e. The summed E-state index contributed by atoms with van der Waals surface area (Å²) in [6.07, 6.45) is 0.839. The van der Waals surface area contributed by atoms with Crippen molar-refractivity contribution in [2.45, 2.75) is 18.9 Å². The van der Waals surface area contributed by atoms with Crippen molar-refractivity contribution in [1.29, 1.82) is 0 Å². The molecule has 2 atom stereocenters. The van der Waals surface area contributed by atoms with Gasteiger partial charge in [-0.3, -0.25) is 4.79 Å². The summed E-state index contributed by atoms with van der Waals surface area (Å²) in [6, 6.07) is 2.76. The second-order valence-electron chi connectivity index (χ2n) is 4.25. The van der Waals surface area contributed by atoms with E-state index in [1.165, 1.54) is 7.11 Å². The monoisotopic (exact) mass is 287 g/mol. The normalized spacial score (nSPS) is 22.2. The first-order valence-electron chi connectivity index (χ1n) is 5.45. The summed E-state index contributed by atoms with van der Waals surface area (Å²) in [4.78, 5) is 22.5. The average Bonchev–Trinajstić information content (AvgIpc) is 2.38. The summed E-state index contributed by atoms with van der Waals surface area (Å²) in [5.41, 5.74) is 1.58. The SMILES string of the molecule is COC(=O)C1Cc2cc(Cl)c(Cl)cc2C(N=O)C1. The Kier molecular flexibility index (Phi) is 3.88. The predicted octanol–water partition coefficient (Wildman–Crippen LogP) is 3.54. The molecule has 1 aromatic carbocycles. The van der Waals surface area contributed by atoms with E-state index >= 15 is 0 Å². The molecule has 0 saturated carbocycles. The second-order valence-corrected chi connectivity index (χ2v) is 5.06. The van der Waals surface area contributed by atoms with Crippen LogP contribution in [0.5, 0.6) is 0 Å². The Hall–Kier alpha value is -1.13. The lowest BCUT2D eigenvalue weighted by atomic mass is 9.81. The lowest BCUT2D eigenvalue weighted by Gasteiger charge is -2.26. The molecule has 0 N–H and O–H groups in total. The van der Waals surface area contributed by atoms with Crippen molar-refractivity contribution in [2.75, 3.05) is 7.11 Å². The molecule has 1 aromatic rings. The van der Waals surface area contributed by atoms with E-state index < -0.39 is 6.04 Å². The van der Waals surface area contributed by atoms with E-state index in [4.69, 9.17) is 27.9 Å². The number of carbonyl (C=O) groups is 1. The molecule has 0 saturated heterocycles. The van der Waals surface area contributed by atoms with Gasteiger partial charge in [-0.2, -0.15) is 4.91 Å². The van der Waals surface area contributed by atoms with Crippen LogP contribution >= 0.6 is 23.2 Å². The lowest BCUT2D eigenvalue weighted by molar-refractivity contribution is -0.146. The number of hydrogen-bond donors (Lipinski definition) is 0. The number of carbonyl (C=O) groups excluding carboxylic acids is 1. The number of methoxy groups -OCH3 is 1. The van der Waals surface area contributed by atoms with Gasteiger partial charge in [0, 0.05) is 0 Å². The highest BCUT2D eigenvalue weighted by Gasteiger charge is 2.33. The Bertz CT molecular complexity index is 504. The Morgan fingerprint density at radius 1 is 1.39 bits per heavy atom. The van der Waals surface area contributed by atoms with E-state index in [2.05, 4.69) is 5.18 Å². The van der Waals surface area contributed by atoms with Crippen molar-refractivity contribution < 1.29 is 9.53 Å². The summed E-state index contributed by atoms with van der Waals surface area (Å²) in [5.74, 6) is -0.692. The fraction of sp³-hybridized carbons (Fsp3) is 0.417. The maximum Gasteiger partial charge on any atom is 0.309 e. The van der Waals surface area contributed by atoms with Crippen LogP contribution in [0.15, 0.2) is 17.3 Å². The quantitative estimate of drug-likeness (QED) is 0.618. The van der Waals surface area contributed by atoms with Crippen LogP contribution in [-0.4, -0.2) is 13.1 Å². The highest BCUT2D eigenvalue weighted by Crippen LogP contribution is 2.39. The molecular weight excluding hydrogens is 277 g/mol. The van der Waals surface area contributed by atoms with Crippen LogP contribution in [0.25, 0.3) is 0 Å². The van der Waals surface area contributed by atoms with Crippen molar-refractivity contribution >= 4 is 29.2 Å². The van der Waals surface area contributed by atoms with Gasteiger partial charge in [-0.15, -0.1) is 0 Å². The lowest BCUT2D eigenvalue weighted by Crippen LogP contribution is -2.25. The first kappa shape index (κ1) is 13.3. The topological polar surface area (TPSA) is 55.7 Å². The van der Waals surface area contributed by atoms with Crippen molar-refractivity contribution in [3.63, 3.8) is 0 Å². The van der Waals surface area contributed by atoms with Gasteiger partial charge in [0.1, 0.15) is 6.04 Å². The molecule has 1 aliphatic carbocycles. The second kappa shape index (κ2) is 5.24. The van der Waals surface area contributed by atoms with Gasteiger partial charge < -0.3 is 4.74 Å². The Morgan fingerprint density at radius 2 is 2.06 bits per heavy atom. The zero-order chi connectivity index (χ0) is 13.3. The minimum absolute atomic E-state index is 0.333. The van der Waals surface area contributed by atoms with Crippen LogP contribution in [0.4, 0.5) is 0 Å². The third-order valence-electron chi connectivity index (χ3n) is 3.18. The zero-order valence-electron chi connectivity index (χ0n) is 9.65. The molecule has 1 aliphatic rings. The standard InChI is InChI=1S/C12H11Cl2NO3/c1-18-12(16)7-2-6-3-9(13)10(14)5-8(6)11(4-7)15-17/h3,5,7,11H,2,4H2,1H3. The van der Waals surface area contributed by atoms with Crippen LogP contribution in [0, 0.1) is 10.8 Å². The summed E-state index contributed by atoms with van der Waals surface area (Å²) in [7, 11) is 1.33. The fourth-order valence-corrected chi connectivity index (χ4v) is 2.64. The minimum atomic E-state index is -0.576. The molecule has 2 rings (SSSR count). The van der Waals surface area contributed by atoms with E-state index in [1.54, 1.807) is 12.1 Å². The van der Waals surface area contributed by atoms with Crippen LogP contribution in [-0.2, 0) is 16.0 Å². The third kappa shape index (κ3) is 2.35. The van der Waals surface area contributed by atoms with Crippen molar-refractivity contribution in [3.8, 4) is 0 Å². The molecule has 0 fully saturated rings. The van der Waals surface area contributed by atoms with Crippen LogP contribution in [0.3, 0.4) is 0 Å². The van der Waals surface area contributed by atoms with E-state index in [0.717, 1.165) is 11.1 Å². The van der Waals surface area contributed by atoms with E-state index in [1.807, 2.05) is 0 Å². The molecule has 0 heterocycles. The van der Waals surface area contributed by atoms with Gasteiger partial charge in [-0.05, 0) is 36.1 Å². The average molecular weight is 288 g/mol. The fourth-order valence-electron chi connectivity index (χ4n) is 2.28. The molecule has 18 heavy (non-hydrogen) atoms. The van der Waals surface area contributed by atoms with Crippen molar-refractivity contribution in [1.82, 2.24) is 0 Å². The summed E-state index contributed by atoms with van der Waals surface area (Å²) in [5, 5.41) is 3.86. The number of nitrogens with zero attached hydrogens (tertiary/aromatic N) is 1. The van der Waals surface area contributed by atoms with Gasteiger partial charge in [0.05, 0.1) is 23.1 Å². The van der Waals surface area contributed by atoms with Gasteiger partial charge in [-0.25, -0.2) is 0 Å². The first-order valence-corrected chi connectivity index (χ1v) is 6.20. The molecule has 4 nitrogen and oxygen atoms in total. The number of benzene rings is 1. The van der Waals surface area contributed by atoms with Gasteiger partial charge in [0.2, 0.25) is 0 Å². The Balaban J connectivity index is 2.42. The van der Waals surface area contributed by atoms with Gasteiger partial charge in [0.25, 0.3) is 0 Å².